The van der Waals surface area contributed by atoms with Gasteiger partial charge in [0.05, 0.1) is 14.2 Å². The van der Waals surface area contributed by atoms with Crippen molar-refractivity contribution in [3.05, 3.63) is 36.0 Å². The zero-order chi connectivity index (χ0) is 11.5. The van der Waals surface area contributed by atoms with Crippen LogP contribution in [0.5, 0.6) is 11.5 Å². The third-order valence-corrected chi connectivity index (χ3v) is 2.53. The van der Waals surface area contributed by atoms with E-state index < -0.39 is 0 Å². The fourth-order valence-corrected chi connectivity index (χ4v) is 1.68. The van der Waals surface area contributed by atoms with Gasteiger partial charge in [-0.05, 0) is 30.7 Å². The maximum absolute atomic E-state index is 5.35. The molecule has 0 saturated carbocycles. The molecule has 0 bridgehead atoms. The normalized spacial score (nSPS) is 10.2. The lowest BCUT2D eigenvalue weighted by Gasteiger charge is -2.08. The summed E-state index contributed by atoms with van der Waals surface area (Å²) in [6, 6.07) is 7.88. The standard InChI is InChI=1S/C13H15NO2/c1-9-6-12(14-8-9)11-5-4-10(15-2)7-13(11)16-3/h4-8,14H,1-3H3. The molecule has 0 amide bonds. The highest BCUT2D eigenvalue weighted by atomic mass is 16.5. The molecule has 0 radical (unpaired) electrons. The van der Waals surface area contributed by atoms with E-state index in [1.807, 2.05) is 24.4 Å². The SMILES string of the molecule is COc1ccc(-c2cc(C)c[nH]2)c(OC)c1. The summed E-state index contributed by atoms with van der Waals surface area (Å²) in [5, 5.41) is 0. The van der Waals surface area contributed by atoms with Crippen LogP contribution in [-0.4, -0.2) is 19.2 Å². The van der Waals surface area contributed by atoms with Crippen LogP contribution in [0.3, 0.4) is 0 Å². The molecule has 0 unspecified atom stereocenters. The highest BCUT2D eigenvalue weighted by molar-refractivity contribution is 5.69. The Hall–Kier alpha value is -1.90. The molecule has 1 N–H and O–H groups in total. The number of aromatic amines is 1. The van der Waals surface area contributed by atoms with Crippen molar-refractivity contribution in [2.45, 2.75) is 6.92 Å². The van der Waals surface area contributed by atoms with Gasteiger partial charge >= 0.3 is 0 Å². The van der Waals surface area contributed by atoms with Crippen LogP contribution >= 0.6 is 0 Å². The Morgan fingerprint density at radius 2 is 1.88 bits per heavy atom. The molecule has 0 fully saturated rings. The number of hydrogen-bond donors (Lipinski definition) is 1. The molecule has 0 aliphatic heterocycles. The number of methoxy groups -OCH3 is 2. The number of ether oxygens (including phenoxy) is 2. The van der Waals surface area contributed by atoms with Crippen molar-refractivity contribution in [1.29, 1.82) is 0 Å². The highest BCUT2D eigenvalue weighted by Crippen LogP contribution is 2.32. The summed E-state index contributed by atoms with van der Waals surface area (Å²) >= 11 is 0. The van der Waals surface area contributed by atoms with E-state index in [-0.39, 0.29) is 0 Å². The van der Waals surface area contributed by atoms with Crippen molar-refractivity contribution in [3.63, 3.8) is 0 Å². The highest BCUT2D eigenvalue weighted by Gasteiger charge is 2.08. The lowest BCUT2D eigenvalue weighted by molar-refractivity contribution is 0.395. The predicted octanol–water partition coefficient (Wildman–Crippen LogP) is 3.01. The predicted molar refractivity (Wildman–Crippen MR) is 64.1 cm³/mol. The molecular weight excluding hydrogens is 202 g/mol. The molecule has 0 aliphatic carbocycles. The minimum Gasteiger partial charge on any atom is -0.497 e. The van der Waals surface area contributed by atoms with Crippen LogP contribution < -0.4 is 9.47 Å². The largest absolute Gasteiger partial charge is 0.497 e. The van der Waals surface area contributed by atoms with Gasteiger partial charge in [0.15, 0.2) is 0 Å². The van der Waals surface area contributed by atoms with Gasteiger partial charge in [0, 0.05) is 23.5 Å². The van der Waals surface area contributed by atoms with Crippen LogP contribution in [-0.2, 0) is 0 Å². The zero-order valence-corrected chi connectivity index (χ0v) is 9.70. The quantitative estimate of drug-likeness (QED) is 0.857. The number of H-pyrrole nitrogens is 1. The van der Waals surface area contributed by atoms with Gasteiger partial charge in [0.1, 0.15) is 11.5 Å². The Labute approximate surface area is 95.0 Å². The molecule has 0 atom stereocenters. The Kier molecular flexibility index (Phi) is 2.86. The number of benzene rings is 1. The van der Waals surface area contributed by atoms with Gasteiger partial charge in [0.25, 0.3) is 0 Å². The lowest BCUT2D eigenvalue weighted by atomic mass is 10.1. The topological polar surface area (TPSA) is 34.2 Å². The number of hydrogen-bond acceptors (Lipinski definition) is 2. The fourth-order valence-electron chi connectivity index (χ4n) is 1.68. The number of nitrogens with one attached hydrogen (secondary N) is 1. The third kappa shape index (κ3) is 1.89. The summed E-state index contributed by atoms with van der Waals surface area (Å²) in [7, 11) is 3.31. The molecule has 84 valence electrons. The van der Waals surface area contributed by atoms with E-state index in [9.17, 15) is 0 Å². The summed E-state index contributed by atoms with van der Waals surface area (Å²) in [6.45, 7) is 2.05. The molecule has 1 heterocycles. The molecule has 2 rings (SSSR count). The first kappa shape index (κ1) is 10.6. The van der Waals surface area contributed by atoms with E-state index >= 15 is 0 Å². The third-order valence-electron chi connectivity index (χ3n) is 2.53. The molecule has 3 heteroatoms. The van der Waals surface area contributed by atoms with Crippen LogP contribution in [0.2, 0.25) is 0 Å². The van der Waals surface area contributed by atoms with E-state index in [0.29, 0.717) is 0 Å². The molecule has 1 aromatic heterocycles. The average molecular weight is 217 g/mol. The first-order valence-corrected chi connectivity index (χ1v) is 5.12. The fraction of sp³-hybridized carbons (Fsp3) is 0.231. The second kappa shape index (κ2) is 4.31. The van der Waals surface area contributed by atoms with Crippen molar-refractivity contribution in [1.82, 2.24) is 4.98 Å². The van der Waals surface area contributed by atoms with Crippen molar-refractivity contribution >= 4 is 0 Å². The second-order valence-electron chi connectivity index (χ2n) is 3.66. The van der Waals surface area contributed by atoms with Gasteiger partial charge in [0.2, 0.25) is 0 Å². The molecular formula is C13H15NO2. The van der Waals surface area contributed by atoms with Crippen LogP contribution in [0.25, 0.3) is 11.3 Å². The summed E-state index contributed by atoms with van der Waals surface area (Å²) in [5.74, 6) is 1.60. The second-order valence-corrected chi connectivity index (χ2v) is 3.66. The van der Waals surface area contributed by atoms with Crippen molar-refractivity contribution < 1.29 is 9.47 Å². The van der Waals surface area contributed by atoms with Gasteiger partial charge < -0.3 is 14.5 Å². The van der Waals surface area contributed by atoms with Crippen molar-refractivity contribution in [3.8, 4) is 22.8 Å². The molecule has 0 spiro atoms. The van der Waals surface area contributed by atoms with Crippen LogP contribution in [0, 0.1) is 6.92 Å². The van der Waals surface area contributed by atoms with Gasteiger partial charge in [-0.2, -0.15) is 0 Å². The molecule has 0 aliphatic rings. The van der Waals surface area contributed by atoms with Crippen molar-refractivity contribution in [2.24, 2.45) is 0 Å². The van der Waals surface area contributed by atoms with Crippen molar-refractivity contribution in [2.75, 3.05) is 14.2 Å². The monoisotopic (exact) mass is 217 g/mol. The Bertz CT molecular complexity index is 488. The molecule has 1 aromatic carbocycles. The summed E-state index contributed by atoms with van der Waals surface area (Å²) in [6.07, 6.45) is 1.97. The number of aromatic nitrogens is 1. The van der Waals surface area contributed by atoms with Crippen LogP contribution in [0.15, 0.2) is 30.5 Å². The first-order valence-electron chi connectivity index (χ1n) is 5.12. The van der Waals surface area contributed by atoms with Crippen LogP contribution in [0.1, 0.15) is 5.56 Å². The number of rotatable bonds is 3. The minimum atomic E-state index is 0.795. The van der Waals surface area contributed by atoms with E-state index in [0.717, 1.165) is 22.8 Å². The minimum absolute atomic E-state index is 0.795. The van der Waals surface area contributed by atoms with Crippen LogP contribution in [0.4, 0.5) is 0 Å². The number of aryl methyl sites for hydroxylation is 1. The van der Waals surface area contributed by atoms with Gasteiger partial charge in [-0.15, -0.1) is 0 Å². The van der Waals surface area contributed by atoms with Gasteiger partial charge in [-0.25, -0.2) is 0 Å². The van der Waals surface area contributed by atoms with E-state index in [1.165, 1.54) is 5.56 Å². The average Bonchev–Trinajstić information content (AvgIpc) is 2.74. The van der Waals surface area contributed by atoms with Gasteiger partial charge in [-0.3, -0.25) is 0 Å². The summed E-state index contributed by atoms with van der Waals surface area (Å²) in [4.78, 5) is 3.21. The molecule has 3 nitrogen and oxygen atoms in total. The Morgan fingerprint density at radius 3 is 2.44 bits per heavy atom. The first-order chi connectivity index (χ1) is 7.74. The molecule has 16 heavy (non-hydrogen) atoms. The summed E-state index contributed by atoms with van der Waals surface area (Å²) < 4.78 is 10.5. The Morgan fingerprint density at radius 1 is 1.06 bits per heavy atom. The zero-order valence-electron chi connectivity index (χ0n) is 9.70. The summed E-state index contributed by atoms with van der Waals surface area (Å²) in [5.41, 5.74) is 3.29. The maximum Gasteiger partial charge on any atom is 0.131 e. The van der Waals surface area contributed by atoms with E-state index in [1.54, 1.807) is 14.2 Å². The molecule has 2 aromatic rings. The smallest absolute Gasteiger partial charge is 0.131 e. The molecule has 0 saturated heterocycles. The van der Waals surface area contributed by atoms with E-state index in [4.69, 9.17) is 9.47 Å². The Balaban J connectivity index is 2.48. The lowest BCUT2D eigenvalue weighted by Crippen LogP contribution is -1.90. The maximum atomic E-state index is 5.35. The van der Waals surface area contributed by atoms with Gasteiger partial charge in [-0.1, -0.05) is 0 Å². The van der Waals surface area contributed by atoms with E-state index in [2.05, 4.69) is 18.0 Å².